The molecule has 1 amide bonds. The molecule has 0 spiro atoms. The van der Waals surface area contributed by atoms with Gasteiger partial charge in [-0.25, -0.2) is 4.68 Å². The van der Waals surface area contributed by atoms with Crippen LogP contribution in [0.4, 0.5) is 8.78 Å². The predicted molar refractivity (Wildman–Crippen MR) is 101 cm³/mol. The fourth-order valence-electron chi connectivity index (χ4n) is 3.25. The Labute approximate surface area is 156 Å². The largest absolute Gasteiger partial charge is 0.348 e. The molecule has 7 heteroatoms. The van der Waals surface area contributed by atoms with Gasteiger partial charge in [0, 0.05) is 17.8 Å². The van der Waals surface area contributed by atoms with Crippen LogP contribution >= 0.6 is 0 Å². The SMILES string of the molecule is Cc1nn(C(F)F)c(C)c1CC(=O)NC(CN)c1ccc2ccccc2c1. The normalized spacial score (nSPS) is 12.5. The van der Waals surface area contributed by atoms with Crippen LogP contribution in [0.2, 0.25) is 0 Å². The van der Waals surface area contributed by atoms with E-state index in [4.69, 9.17) is 5.73 Å². The quantitative estimate of drug-likeness (QED) is 0.696. The minimum absolute atomic E-state index is 0.0194. The summed E-state index contributed by atoms with van der Waals surface area (Å²) in [4.78, 5) is 12.5. The van der Waals surface area contributed by atoms with E-state index in [2.05, 4.69) is 10.4 Å². The van der Waals surface area contributed by atoms with Crippen molar-refractivity contribution in [2.45, 2.75) is 32.9 Å². The van der Waals surface area contributed by atoms with Gasteiger partial charge in [0.2, 0.25) is 5.91 Å². The molecule has 1 atom stereocenters. The number of benzene rings is 2. The molecule has 0 aliphatic heterocycles. The molecule has 2 aromatic carbocycles. The number of nitrogens with one attached hydrogen (secondary N) is 1. The van der Waals surface area contributed by atoms with Gasteiger partial charge in [-0.2, -0.15) is 13.9 Å². The van der Waals surface area contributed by atoms with E-state index in [-0.39, 0.29) is 24.9 Å². The monoisotopic (exact) mass is 372 g/mol. The minimum Gasteiger partial charge on any atom is -0.348 e. The fraction of sp³-hybridized carbons (Fsp3) is 0.300. The van der Waals surface area contributed by atoms with Crippen LogP contribution in [0.25, 0.3) is 10.8 Å². The Bertz CT molecular complexity index is 968. The van der Waals surface area contributed by atoms with Gasteiger partial charge in [-0.15, -0.1) is 0 Å². The number of aryl methyl sites for hydroxylation is 1. The Balaban J connectivity index is 1.77. The van der Waals surface area contributed by atoms with Crippen LogP contribution in [-0.2, 0) is 11.2 Å². The van der Waals surface area contributed by atoms with Crippen molar-refractivity contribution in [1.29, 1.82) is 0 Å². The number of alkyl halides is 2. The van der Waals surface area contributed by atoms with E-state index >= 15 is 0 Å². The van der Waals surface area contributed by atoms with Crippen molar-refractivity contribution >= 4 is 16.7 Å². The van der Waals surface area contributed by atoms with Gasteiger partial charge in [-0.1, -0.05) is 36.4 Å². The molecule has 1 unspecified atom stereocenters. The topological polar surface area (TPSA) is 72.9 Å². The molecule has 3 N–H and O–H groups in total. The zero-order chi connectivity index (χ0) is 19.6. The van der Waals surface area contributed by atoms with Gasteiger partial charge >= 0.3 is 6.55 Å². The molecule has 0 radical (unpaired) electrons. The van der Waals surface area contributed by atoms with Crippen molar-refractivity contribution in [2.24, 2.45) is 5.73 Å². The summed E-state index contributed by atoms with van der Waals surface area (Å²) < 4.78 is 26.6. The number of aromatic nitrogens is 2. The maximum Gasteiger partial charge on any atom is 0.333 e. The average molecular weight is 372 g/mol. The molecule has 1 heterocycles. The first kappa shape index (κ1) is 19.0. The molecule has 142 valence electrons. The Morgan fingerprint density at radius 1 is 1.19 bits per heavy atom. The number of nitrogens with two attached hydrogens (primary N) is 1. The van der Waals surface area contributed by atoms with Gasteiger partial charge in [-0.05, 0) is 36.2 Å². The van der Waals surface area contributed by atoms with E-state index in [1.165, 1.54) is 0 Å². The number of carbonyl (C=O) groups excluding carboxylic acids is 1. The van der Waals surface area contributed by atoms with Crippen LogP contribution in [0.15, 0.2) is 42.5 Å². The summed E-state index contributed by atoms with van der Waals surface area (Å²) in [5, 5.41) is 8.89. The van der Waals surface area contributed by atoms with E-state index in [1.54, 1.807) is 13.8 Å². The maximum absolute atomic E-state index is 13.0. The lowest BCUT2D eigenvalue weighted by molar-refractivity contribution is -0.121. The molecule has 0 fully saturated rings. The lowest BCUT2D eigenvalue weighted by Crippen LogP contribution is -2.34. The molecule has 3 aromatic rings. The van der Waals surface area contributed by atoms with Crippen LogP contribution in [0.1, 0.15) is 35.1 Å². The van der Waals surface area contributed by atoms with E-state index in [9.17, 15) is 13.6 Å². The molecule has 0 saturated heterocycles. The van der Waals surface area contributed by atoms with Gasteiger partial charge in [-0.3, -0.25) is 4.79 Å². The molecule has 0 saturated carbocycles. The number of nitrogens with zero attached hydrogens (tertiary/aromatic N) is 2. The number of halogens is 2. The average Bonchev–Trinajstić information content (AvgIpc) is 2.94. The molecular formula is C20H22F2N4O. The number of rotatable bonds is 6. The summed E-state index contributed by atoms with van der Waals surface area (Å²) in [5.41, 5.74) is 8.01. The van der Waals surface area contributed by atoms with Gasteiger partial charge in [0.15, 0.2) is 0 Å². The third kappa shape index (κ3) is 3.98. The fourth-order valence-corrected chi connectivity index (χ4v) is 3.25. The van der Waals surface area contributed by atoms with Gasteiger partial charge in [0.25, 0.3) is 0 Å². The molecule has 5 nitrogen and oxygen atoms in total. The second-order valence-electron chi connectivity index (χ2n) is 6.51. The molecule has 3 rings (SSSR count). The van der Waals surface area contributed by atoms with Gasteiger partial charge < -0.3 is 11.1 Å². The lowest BCUT2D eigenvalue weighted by atomic mass is 10.0. The summed E-state index contributed by atoms with van der Waals surface area (Å²) >= 11 is 0. The predicted octanol–water partition coefficient (Wildman–Crippen LogP) is 3.41. The molecular weight excluding hydrogens is 350 g/mol. The van der Waals surface area contributed by atoms with E-state index < -0.39 is 6.55 Å². The zero-order valence-corrected chi connectivity index (χ0v) is 15.2. The number of hydrogen-bond acceptors (Lipinski definition) is 3. The van der Waals surface area contributed by atoms with E-state index in [1.807, 2.05) is 42.5 Å². The van der Waals surface area contributed by atoms with E-state index in [0.717, 1.165) is 16.3 Å². The smallest absolute Gasteiger partial charge is 0.333 e. The highest BCUT2D eigenvalue weighted by molar-refractivity contribution is 5.84. The third-order valence-electron chi connectivity index (χ3n) is 4.74. The first-order valence-corrected chi connectivity index (χ1v) is 8.71. The molecule has 27 heavy (non-hydrogen) atoms. The summed E-state index contributed by atoms with van der Waals surface area (Å²) in [6.45, 7) is 0.671. The highest BCUT2D eigenvalue weighted by atomic mass is 19.3. The summed E-state index contributed by atoms with van der Waals surface area (Å²) in [5.74, 6) is -0.279. The Morgan fingerprint density at radius 2 is 1.89 bits per heavy atom. The highest BCUT2D eigenvalue weighted by Gasteiger charge is 2.21. The van der Waals surface area contributed by atoms with Crippen LogP contribution in [-0.4, -0.2) is 22.2 Å². The molecule has 0 aliphatic rings. The van der Waals surface area contributed by atoms with Crippen molar-refractivity contribution in [3.8, 4) is 0 Å². The number of amides is 1. The van der Waals surface area contributed by atoms with Crippen molar-refractivity contribution < 1.29 is 13.6 Å². The minimum atomic E-state index is -2.73. The maximum atomic E-state index is 13.0. The summed E-state index contributed by atoms with van der Waals surface area (Å²) in [6.07, 6.45) is -0.0194. The molecule has 1 aromatic heterocycles. The van der Waals surface area contributed by atoms with Crippen molar-refractivity contribution in [3.63, 3.8) is 0 Å². The molecule has 0 aliphatic carbocycles. The number of carbonyl (C=O) groups is 1. The highest BCUT2D eigenvalue weighted by Crippen LogP contribution is 2.22. The first-order chi connectivity index (χ1) is 12.9. The van der Waals surface area contributed by atoms with Crippen LogP contribution in [0.5, 0.6) is 0 Å². The Morgan fingerprint density at radius 3 is 2.52 bits per heavy atom. The lowest BCUT2D eigenvalue weighted by Gasteiger charge is -2.18. The van der Waals surface area contributed by atoms with Crippen LogP contribution in [0, 0.1) is 13.8 Å². The first-order valence-electron chi connectivity index (χ1n) is 8.71. The Kier molecular flexibility index (Phi) is 5.51. The second kappa shape index (κ2) is 7.84. The van der Waals surface area contributed by atoms with Crippen molar-refractivity contribution in [1.82, 2.24) is 15.1 Å². The third-order valence-corrected chi connectivity index (χ3v) is 4.74. The Hall–Kier alpha value is -2.80. The van der Waals surface area contributed by atoms with E-state index in [0.29, 0.717) is 21.6 Å². The van der Waals surface area contributed by atoms with Crippen molar-refractivity contribution in [2.75, 3.05) is 6.54 Å². The second-order valence-corrected chi connectivity index (χ2v) is 6.51. The number of hydrogen-bond donors (Lipinski definition) is 2. The number of fused-ring (bicyclic) bond motifs is 1. The van der Waals surface area contributed by atoms with Crippen LogP contribution < -0.4 is 11.1 Å². The van der Waals surface area contributed by atoms with Gasteiger partial charge in [0.05, 0.1) is 18.2 Å². The van der Waals surface area contributed by atoms with Gasteiger partial charge in [0.1, 0.15) is 0 Å². The van der Waals surface area contributed by atoms with Crippen molar-refractivity contribution in [3.05, 3.63) is 65.0 Å². The zero-order valence-electron chi connectivity index (χ0n) is 15.2. The van der Waals surface area contributed by atoms with Crippen LogP contribution in [0.3, 0.4) is 0 Å². The summed E-state index contributed by atoms with van der Waals surface area (Å²) in [6, 6.07) is 13.5. The summed E-state index contributed by atoms with van der Waals surface area (Å²) in [7, 11) is 0. The standard InChI is InChI=1S/C20H22F2N4O/c1-12-17(13(2)26(25-12)20(21)22)10-19(27)24-18(11-23)16-8-7-14-5-3-4-6-15(14)9-16/h3-9,18,20H,10-11,23H2,1-2H3,(H,24,27). The molecule has 0 bridgehead atoms.